The third-order valence-corrected chi connectivity index (χ3v) is 4.91. The molecule has 3 heterocycles. The Labute approximate surface area is 180 Å². The van der Waals surface area contributed by atoms with Crippen LogP contribution in [0.5, 0.6) is 0 Å². The lowest BCUT2D eigenvalue weighted by Crippen LogP contribution is -2.16. The summed E-state index contributed by atoms with van der Waals surface area (Å²) in [7, 11) is 3.54. The third-order valence-electron chi connectivity index (χ3n) is 4.91. The zero-order chi connectivity index (χ0) is 21.6. The summed E-state index contributed by atoms with van der Waals surface area (Å²) in [4.78, 5) is 21.4. The molecule has 0 atom stereocenters. The number of hydrogen-bond donors (Lipinski definition) is 0. The van der Waals surface area contributed by atoms with Crippen molar-refractivity contribution in [3.05, 3.63) is 88.4 Å². The van der Waals surface area contributed by atoms with Crippen molar-refractivity contribution in [2.45, 2.75) is 19.3 Å². The summed E-state index contributed by atoms with van der Waals surface area (Å²) in [5.41, 5.74) is 4.14. The second-order valence-electron chi connectivity index (χ2n) is 7.33. The molecule has 1 aromatic carbocycles. The normalized spacial score (nSPS) is 11.0. The highest BCUT2D eigenvalue weighted by Gasteiger charge is 2.09. The van der Waals surface area contributed by atoms with Crippen LogP contribution < -0.4 is 5.43 Å². The Kier molecular flexibility index (Phi) is 6.28. The van der Waals surface area contributed by atoms with Crippen molar-refractivity contribution in [3.8, 4) is 17.1 Å². The second kappa shape index (κ2) is 9.44. The molecule has 0 N–H and O–H groups in total. The number of rotatable bonds is 8. The molecule has 4 rings (SSSR count). The Balaban J connectivity index is 1.53. The average Bonchev–Trinajstić information content (AvgIpc) is 3.22. The van der Waals surface area contributed by atoms with E-state index in [0.717, 1.165) is 41.8 Å². The highest BCUT2D eigenvalue weighted by atomic mass is 16.5. The van der Waals surface area contributed by atoms with Crippen LogP contribution >= 0.6 is 0 Å². The Bertz CT molecular complexity index is 1210. The first kappa shape index (κ1) is 20.6. The van der Waals surface area contributed by atoms with E-state index in [4.69, 9.17) is 4.74 Å². The summed E-state index contributed by atoms with van der Waals surface area (Å²) in [6, 6.07) is 9.43. The molecule has 0 saturated heterocycles. The quantitative estimate of drug-likeness (QED) is 0.410. The van der Waals surface area contributed by atoms with Crippen molar-refractivity contribution in [1.82, 2.24) is 29.5 Å². The zero-order valence-electron chi connectivity index (χ0n) is 17.6. The molecule has 0 unspecified atom stereocenters. The van der Waals surface area contributed by atoms with Crippen molar-refractivity contribution in [3.63, 3.8) is 0 Å². The van der Waals surface area contributed by atoms with E-state index in [9.17, 15) is 4.79 Å². The van der Waals surface area contributed by atoms with E-state index < -0.39 is 0 Å². The van der Waals surface area contributed by atoms with Gasteiger partial charge < -0.3 is 4.74 Å². The maximum atomic E-state index is 12.4. The molecule has 0 saturated carbocycles. The first-order chi connectivity index (χ1) is 15.1. The largest absolute Gasteiger partial charge is 0.385 e. The first-order valence-corrected chi connectivity index (χ1v) is 10.1. The molecule has 3 aromatic heterocycles. The van der Waals surface area contributed by atoms with Crippen LogP contribution in [0.1, 0.15) is 23.2 Å². The summed E-state index contributed by atoms with van der Waals surface area (Å²) in [6.07, 6.45) is 11.2. The van der Waals surface area contributed by atoms with Crippen LogP contribution in [0.3, 0.4) is 0 Å². The average molecular weight is 416 g/mol. The fourth-order valence-corrected chi connectivity index (χ4v) is 3.31. The van der Waals surface area contributed by atoms with Gasteiger partial charge in [-0.05, 0) is 30.0 Å². The van der Waals surface area contributed by atoms with E-state index >= 15 is 0 Å². The van der Waals surface area contributed by atoms with Gasteiger partial charge in [0.1, 0.15) is 11.4 Å². The van der Waals surface area contributed by atoms with E-state index in [2.05, 4.69) is 20.2 Å². The highest BCUT2D eigenvalue weighted by Crippen LogP contribution is 2.18. The minimum absolute atomic E-state index is 0.0952. The number of aromatic nitrogens is 6. The van der Waals surface area contributed by atoms with Crippen molar-refractivity contribution < 1.29 is 4.74 Å². The van der Waals surface area contributed by atoms with E-state index in [0.29, 0.717) is 17.9 Å². The summed E-state index contributed by atoms with van der Waals surface area (Å²) < 4.78 is 8.45. The Morgan fingerprint density at radius 3 is 2.65 bits per heavy atom. The molecular weight excluding hydrogens is 392 g/mol. The maximum absolute atomic E-state index is 12.4. The lowest BCUT2D eigenvalue weighted by Gasteiger charge is -2.07. The topological polar surface area (TPSA) is 87.7 Å². The lowest BCUT2D eigenvalue weighted by atomic mass is 10.1. The molecule has 0 radical (unpaired) electrons. The van der Waals surface area contributed by atoms with E-state index in [-0.39, 0.29) is 5.43 Å². The minimum Gasteiger partial charge on any atom is -0.385 e. The maximum Gasteiger partial charge on any atom is 0.203 e. The molecule has 4 aromatic rings. The molecule has 0 aliphatic heterocycles. The molecule has 31 heavy (non-hydrogen) atoms. The highest BCUT2D eigenvalue weighted by molar-refractivity contribution is 5.56. The van der Waals surface area contributed by atoms with Gasteiger partial charge in [-0.15, -0.1) is 0 Å². The Morgan fingerprint density at radius 1 is 1.06 bits per heavy atom. The van der Waals surface area contributed by atoms with Gasteiger partial charge in [-0.2, -0.15) is 10.2 Å². The van der Waals surface area contributed by atoms with Gasteiger partial charge in [0.2, 0.25) is 5.43 Å². The number of nitrogens with zero attached hydrogens (tertiary/aromatic N) is 6. The standard InChI is InChI=1S/C23H24N6O2/c1-28-16-20(15-26-28)29-9-8-22(30)21(27-29)12-17-5-3-7-19(11-17)23-24-13-18(14-25-23)6-4-10-31-2/h3,5,7-9,11,13-16H,4,6,10,12H2,1-2H3. The molecule has 8 nitrogen and oxygen atoms in total. The fraction of sp³-hybridized carbons (Fsp3) is 0.261. The van der Waals surface area contributed by atoms with Crippen molar-refractivity contribution >= 4 is 0 Å². The van der Waals surface area contributed by atoms with Crippen LogP contribution in [0.25, 0.3) is 17.1 Å². The number of benzene rings is 1. The van der Waals surface area contributed by atoms with Gasteiger partial charge in [0, 0.05) is 57.4 Å². The molecule has 0 spiro atoms. The van der Waals surface area contributed by atoms with Crippen LogP contribution in [-0.4, -0.2) is 43.2 Å². The SMILES string of the molecule is COCCCc1cnc(-c2cccc(Cc3nn(-c4cnn(C)c4)ccc3=O)c2)nc1. The smallest absolute Gasteiger partial charge is 0.203 e. The van der Waals surface area contributed by atoms with Crippen LogP contribution in [0, 0.1) is 0 Å². The summed E-state index contributed by atoms with van der Waals surface area (Å²) in [5.74, 6) is 0.658. The van der Waals surface area contributed by atoms with Crippen molar-refractivity contribution in [2.24, 2.45) is 7.05 Å². The van der Waals surface area contributed by atoms with Crippen molar-refractivity contribution in [1.29, 1.82) is 0 Å². The van der Waals surface area contributed by atoms with Crippen LogP contribution in [-0.2, 0) is 24.6 Å². The van der Waals surface area contributed by atoms with Gasteiger partial charge in [0.25, 0.3) is 0 Å². The number of hydrogen-bond acceptors (Lipinski definition) is 6. The minimum atomic E-state index is -0.0952. The van der Waals surface area contributed by atoms with Gasteiger partial charge in [-0.1, -0.05) is 18.2 Å². The molecular formula is C23H24N6O2. The Hall–Kier alpha value is -3.65. The van der Waals surface area contributed by atoms with Gasteiger partial charge in [0.15, 0.2) is 5.82 Å². The molecule has 0 aliphatic rings. The monoisotopic (exact) mass is 416 g/mol. The van der Waals surface area contributed by atoms with Crippen LogP contribution in [0.2, 0.25) is 0 Å². The molecule has 0 aliphatic carbocycles. The van der Waals surface area contributed by atoms with E-state index in [1.165, 1.54) is 6.07 Å². The van der Waals surface area contributed by atoms with E-state index in [1.54, 1.807) is 28.9 Å². The summed E-state index contributed by atoms with van der Waals surface area (Å²) in [6.45, 7) is 0.722. The predicted molar refractivity (Wildman–Crippen MR) is 117 cm³/mol. The van der Waals surface area contributed by atoms with Crippen LogP contribution in [0.15, 0.2) is 66.1 Å². The third kappa shape index (κ3) is 5.10. The lowest BCUT2D eigenvalue weighted by molar-refractivity contribution is 0.195. The first-order valence-electron chi connectivity index (χ1n) is 10.1. The van der Waals surface area contributed by atoms with Gasteiger partial charge in [-0.3, -0.25) is 9.48 Å². The second-order valence-corrected chi connectivity index (χ2v) is 7.33. The molecule has 0 amide bonds. The summed E-state index contributed by atoms with van der Waals surface area (Å²) in [5, 5.41) is 8.67. The molecule has 158 valence electrons. The molecule has 0 bridgehead atoms. The van der Waals surface area contributed by atoms with Gasteiger partial charge in [-0.25, -0.2) is 14.6 Å². The fourth-order valence-electron chi connectivity index (χ4n) is 3.31. The number of ether oxygens (including phenoxy) is 1. The zero-order valence-corrected chi connectivity index (χ0v) is 17.6. The van der Waals surface area contributed by atoms with Gasteiger partial charge >= 0.3 is 0 Å². The van der Waals surface area contributed by atoms with Gasteiger partial charge in [0.05, 0.1) is 12.4 Å². The van der Waals surface area contributed by atoms with Crippen LogP contribution in [0.4, 0.5) is 0 Å². The number of methoxy groups -OCH3 is 1. The van der Waals surface area contributed by atoms with E-state index in [1.807, 2.05) is 49.9 Å². The molecule has 0 fully saturated rings. The predicted octanol–water partition coefficient (Wildman–Crippen LogP) is 2.59. The summed E-state index contributed by atoms with van der Waals surface area (Å²) >= 11 is 0. The van der Waals surface area contributed by atoms with Crippen molar-refractivity contribution in [2.75, 3.05) is 13.7 Å². The number of aryl methyl sites for hydroxylation is 2. The Morgan fingerprint density at radius 2 is 1.90 bits per heavy atom. The molecule has 8 heteroatoms.